The molecule has 8 heterocycles. The number of aliphatic hydroxyl groups is 2. The van der Waals surface area contributed by atoms with Crippen molar-refractivity contribution in [3.05, 3.63) is 141 Å². The molecule has 23 heteroatoms. The number of pyridine rings is 2. The molecule has 0 radical (unpaired) electrons. The Balaban J connectivity index is 0.000000188. The number of ether oxygens (including phenoxy) is 14. The summed E-state index contributed by atoms with van der Waals surface area (Å²) in [7, 11) is -0.0375. The fraction of sp³-hybridized carbons (Fsp3) is 0.614. The van der Waals surface area contributed by atoms with Crippen molar-refractivity contribution in [2.75, 3.05) is 40.6 Å². The van der Waals surface area contributed by atoms with Crippen LogP contribution in [0.2, 0.25) is 0 Å². The highest BCUT2D eigenvalue weighted by Gasteiger charge is 2.50. The Morgan fingerprint density at radius 3 is 1.23 bits per heavy atom. The topological polar surface area (TPSA) is 180 Å². The zero-order chi connectivity index (χ0) is 85.5. The Hall–Kier alpha value is -4.47. The molecule has 0 saturated carbocycles. The van der Waals surface area contributed by atoms with Gasteiger partial charge in [0.15, 0.2) is 6.23 Å². The minimum atomic E-state index is -3.39. The van der Waals surface area contributed by atoms with Gasteiger partial charge in [-0.05, 0) is 267 Å². The van der Waals surface area contributed by atoms with Crippen molar-refractivity contribution in [3.63, 3.8) is 0 Å². The van der Waals surface area contributed by atoms with E-state index in [1.54, 1.807) is 36.9 Å². The third-order valence-corrected chi connectivity index (χ3v) is 21.2. The summed E-state index contributed by atoms with van der Waals surface area (Å²) in [6.45, 7) is 50.4. The fourth-order valence-corrected chi connectivity index (χ4v) is 16.1. The molecule has 0 spiro atoms. The minimum Gasteiger partial charge on any atom is -0.496 e. The van der Waals surface area contributed by atoms with Crippen LogP contribution in [0.25, 0.3) is 41.7 Å². The monoisotopic (exact) mass is 1640 g/mol. The summed E-state index contributed by atoms with van der Waals surface area (Å²) in [6, 6.07) is 32.9. The molecule has 18 nitrogen and oxygen atoms in total. The van der Waals surface area contributed by atoms with Gasteiger partial charge in [-0.15, -0.1) is 22.7 Å². The van der Waals surface area contributed by atoms with E-state index in [-0.39, 0.29) is 82.6 Å². The summed E-state index contributed by atoms with van der Waals surface area (Å²) in [5, 5.41) is 33.1. The van der Waals surface area contributed by atoms with Gasteiger partial charge in [0.1, 0.15) is 81.9 Å². The Kier molecular flexibility index (Phi) is 29.0. The van der Waals surface area contributed by atoms with Gasteiger partial charge in [0.05, 0.1) is 113 Å². The maximum Gasteiger partial charge on any atom is 0.260 e. The fourth-order valence-electron chi connectivity index (χ4n) is 13.6. The van der Waals surface area contributed by atoms with E-state index in [9.17, 15) is 10.2 Å². The lowest BCUT2D eigenvalue weighted by Crippen LogP contribution is -2.42. The smallest absolute Gasteiger partial charge is 0.260 e. The SMILES string of the molecule is CC(C)(C)OC[C@H]1O[C@@H](n2ccc3ccsc3c2=S)CC1OC(C)(C)C.CC(C)(C)OC[C@H]1O[C@@H](n2ccc3ccsc3c2=S)[C@@H](O)C1OC(C)(C)C.COc1cc2ccccc2cc1[C@@H]1O[C@H](COC(C)(C)C)C(OC(C)(C)C)C1O.COc1cc2ccccc2cc1[C@H]1CC(OC(C)(C)C)[C@@H](COC(C)(C)C)O1.[3H][P+]([3H])([3H])[3H]. The third kappa shape index (κ3) is 26.3. The third-order valence-electron chi connectivity index (χ3n) is 18.2. The number of benzene rings is 4. The first-order chi connectivity index (χ1) is 53.0. The first kappa shape index (κ1) is 85.9. The molecular formula is C88H130N2O16PS4+. The van der Waals surface area contributed by atoms with Crippen molar-refractivity contribution in [1.29, 1.82) is 5.11 Å². The van der Waals surface area contributed by atoms with Crippen molar-refractivity contribution in [1.82, 2.24) is 9.13 Å². The van der Waals surface area contributed by atoms with E-state index in [4.69, 9.17) is 95.9 Å². The van der Waals surface area contributed by atoms with E-state index in [0.717, 1.165) is 65.3 Å². The van der Waals surface area contributed by atoms with Crippen molar-refractivity contribution < 1.29 is 76.5 Å². The molecule has 0 aliphatic carbocycles. The van der Waals surface area contributed by atoms with Gasteiger partial charge in [0.2, 0.25) is 0 Å². The number of aliphatic hydroxyl groups excluding tert-OH is 2. The van der Waals surface area contributed by atoms with E-state index >= 15 is 0 Å². The molecule has 4 fully saturated rings. The lowest BCUT2D eigenvalue weighted by molar-refractivity contribution is -0.138. The molecule has 8 aromatic rings. The standard InChI is InChI=1S/C24H34O5.C24H34O4.C20H29NO4S2.C20H29NO3S2.H3P/c1-23(2,3)27-14-19-22(29-24(4,5)6)20(25)21(28-19)17-12-15-10-8-9-11-16(15)13-18(17)26-7;1-23(2,3)26-15-22-21(28-24(4,5)6)14-20(27-22)18-12-16-10-8-9-11-17(16)13-19(18)25-7;1-19(2,3)23-11-13-15(25-20(4,5)6)14(22)17(24-13)21-9-7-12-8-10-27-16(12)18(21)26;1-19(2,3)22-12-15-14(24-20(4,5)6)11-16(23-15)21-9-7-13-8-10-26-17(13)18(21)25;/h8-13,19-22,25H,14H2,1-7H3;8-13,20-22H,14-15H2,1-7H3;7-10,13-15,17,22H,11H2,1-6H3;7-10,14-16H,11-12H2,1-6H3;1H3/p+1/t19-,20?,21+,22?;20-,21?,22-;13-,14+,15?,17-;14?,15-,16-;/m1111./s1/i;;;;1T3/hT. The van der Waals surface area contributed by atoms with Gasteiger partial charge in [0.25, 0.3) is 5.11 Å². The van der Waals surface area contributed by atoms with Crippen molar-refractivity contribution in [2.45, 2.75) is 310 Å². The van der Waals surface area contributed by atoms with Crippen LogP contribution in [0.3, 0.4) is 0 Å². The number of rotatable bonds is 18. The van der Waals surface area contributed by atoms with E-state index in [0.29, 0.717) is 36.8 Å². The first-order valence-electron chi connectivity index (χ1n) is 40.4. The van der Waals surface area contributed by atoms with Crippen LogP contribution in [0.5, 0.6) is 11.5 Å². The molecule has 4 aromatic carbocycles. The molecule has 0 bridgehead atoms. The number of hydrogen-bond donors (Lipinski definition) is 2. The Morgan fingerprint density at radius 2 is 0.802 bits per heavy atom. The van der Waals surface area contributed by atoms with E-state index in [1.165, 1.54) is 10.8 Å². The molecule has 111 heavy (non-hydrogen) atoms. The summed E-state index contributed by atoms with van der Waals surface area (Å²) < 4.78 is 117. The molecule has 4 aromatic heterocycles. The lowest BCUT2D eigenvalue weighted by Gasteiger charge is -2.30. The number of methoxy groups -OCH3 is 2. The van der Waals surface area contributed by atoms with E-state index in [2.05, 4.69) is 135 Å². The van der Waals surface area contributed by atoms with Crippen molar-refractivity contribution >= 4 is 98.5 Å². The number of nitrogens with zero attached hydrogens (tertiary/aromatic N) is 2. The molecule has 4 aliphatic rings. The second kappa shape index (κ2) is 37.4. The van der Waals surface area contributed by atoms with E-state index in [1.807, 2.05) is 160 Å². The van der Waals surface area contributed by atoms with Crippen LogP contribution in [0.1, 0.15) is 215 Å². The first-order valence-corrected chi connectivity index (χ1v) is 41.2. The molecule has 12 rings (SSSR count). The Labute approximate surface area is 687 Å². The van der Waals surface area contributed by atoms with Crippen LogP contribution < -0.4 is 9.47 Å². The second-order valence-corrected chi connectivity index (χ2v) is 39.5. The Bertz CT molecular complexity index is 4550. The predicted octanol–water partition coefficient (Wildman–Crippen LogP) is 20.5. The highest BCUT2D eigenvalue weighted by molar-refractivity contribution is 7.72. The molecular weight excluding hydrogens is 1500 g/mol. The molecule has 14 atom stereocenters. The number of hydrogen-bond acceptors (Lipinski definition) is 20. The van der Waals surface area contributed by atoms with Crippen LogP contribution in [0, 0.1) is 9.28 Å². The summed E-state index contributed by atoms with van der Waals surface area (Å²) in [6.07, 6.45) is 0.354. The molecule has 4 aliphatic heterocycles. The summed E-state index contributed by atoms with van der Waals surface area (Å²) in [4.78, 5) is 0. The highest BCUT2D eigenvalue weighted by atomic mass is 32.1. The van der Waals surface area contributed by atoms with Crippen molar-refractivity contribution in [2.24, 2.45) is 0 Å². The van der Waals surface area contributed by atoms with Gasteiger partial charge in [-0.1, -0.05) is 73.0 Å². The summed E-state index contributed by atoms with van der Waals surface area (Å²) in [5.74, 6) is 1.55. The van der Waals surface area contributed by atoms with Crippen LogP contribution in [0.15, 0.2) is 120 Å². The largest absolute Gasteiger partial charge is 0.496 e. The summed E-state index contributed by atoms with van der Waals surface area (Å²) in [5.41, 5.74) is -0.446. The van der Waals surface area contributed by atoms with Gasteiger partial charge in [-0.3, -0.25) is 0 Å². The number of fused-ring (bicyclic) bond motifs is 4. The number of thiophene rings is 2. The maximum atomic E-state index is 11.2. The van der Waals surface area contributed by atoms with Crippen LogP contribution in [-0.4, -0.2) is 171 Å². The molecule has 616 valence electrons. The van der Waals surface area contributed by atoms with Crippen LogP contribution >= 0.6 is 56.8 Å². The lowest BCUT2D eigenvalue weighted by atomic mass is 9.97. The Morgan fingerprint density at radius 1 is 0.432 bits per heavy atom. The van der Waals surface area contributed by atoms with Crippen molar-refractivity contribution in [3.8, 4) is 11.5 Å². The average molecular weight is 1640 g/mol. The number of aromatic nitrogens is 2. The summed E-state index contributed by atoms with van der Waals surface area (Å²) >= 11 is 14.6. The minimum absolute atomic E-state index is 0.0245. The van der Waals surface area contributed by atoms with E-state index < -0.39 is 57.6 Å². The molecule has 2 N–H and O–H groups in total. The molecule has 5 unspecified atom stereocenters. The quantitative estimate of drug-likeness (QED) is 0.0611. The predicted molar refractivity (Wildman–Crippen MR) is 460 cm³/mol. The van der Waals surface area contributed by atoms with Gasteiger partial charge in [-0.25, -0.2) is 0 Å². The second-order valence-electron chi connectivity index (χ2n) is 36.9. The van der Waals surface area contributed by atoms with Crippen LogP contribution in [-0.2, 0) is 56.8 Å². The van der Waals surface area contributed by atoms with Gasteiger partial charge in [0, 0.05) is 36.4 Å². The molecule has 0 amide bonds. The van der Waals surface area contributed by atoms with Gasteiger partial charge in [-0.2, -0.15) is 0 Å². The van der Waals surface area contributed by atoms with Gasteiger partial charge >= 0.3 is 0 Å². The zero-order valence-electron chi connectivity index (χ0n) is 74.5. The zero-order valence-corrected chi connectivity index (χ0v) is 74.6. The highest BCUT2D eigenvalue weighted by Crippen LogP contribution is 2.46. The maximum absolute atomic E-state index is 11.2. The van der Waals surface area contributed by atoms with Crippen LogP contribution in [0.4, 0.5) is 0 Å². The van der Waals surface area contributed by atoms with Gasteiger partial charge < -0.3 is 85.7 Å². The molecule has 4 saturated heterocycles. The average Bonchev–Trinajstić information content (AvgIpc) is 1.66. The normalized spacial score (nSPS) is 25.4.